The molecular formula is C16H33NNa2O6S. The van der Waals surface area contributed by atoms with Crippen molar-refractivity contribution in [3.63, 3.8) is 0 Å². The Balaban J connectivity index is -0.000000441. The molecule has 0 radical (unpaired) electrons. The van der Waals surface area contributed by atoms with Crippen LogP contribution in [-0.4, -0.2) is 36.7 Å². The van der Waals surface area contributed by atoms with Gasteiger partial charge in [0.2, 0.25) is 5.91 Å². The second kappa shape index (κ2) is 19.2. The van der Waals surface area contributed by atoms with Crippen LogP contribution in [0.3, 0.4) is 0 Å². The van der Waals surface area contributed by atoms with E-state index in [1.807, 2.05) is 0 Å². The summed E-state index contributed by atoms with van der Waals surface area (Å²) in [6.07, 6.45) is 10.5. The predicted molar refractivity (Wildman–Crippen MR) is 94.2 cm³/mol. The van der Waals surface area contributed by atoms with Crippen molar-refractivity contribution in [2.75, 3.05) is 6.61 Å². The third-order valence-corrected chi connectivity index (χ3v) is 4.83. The molecule has 10 heteroatoms. The fourth-order valence-corrected chi connectivity index (χ4v) is 3.03. The van der Waals surface area contributed by atoms with E-state index < -0.39 is 33.7 Å². The molecule has 1 amide bonds. The molecule has 7 nitrogen and oxygen atoms in total. The molecule has 0 aliphatic heterocycles. The van der Waals surface area contributed by atoms with Crippen molar-refractivity contribution < 1.29 is 89.3 Å². The standard InChI is InChI=1S/C16H31NO6S.2Na.2H/c1-2-3-4-5-6-7-8-9-10-11-12-23-16(19)14(13-15(17)18)24(20,21)22;;;;/h14H,2-13H2,1H3,(H2,17,18)(H,20,21,22);;;;/q;2*+1;2*-1. The molecule has 26 heavy (non-hydrogen) atoms. The first kappa shape index (κ1) is 31.5. The van der Waals surface area contributed by atoms with Gasteiger partial charge in [-0.15, -0.1) is 0 Å². The topological polar surface area (TPSA) is 124 Å². The van der Waals surface area contributed by atoms with E-state index in [1.165, 1.54) is 38.5 Å². The average Bonchev–Trinajstić information content (AvgIpc) is 2.48. The molecule has 0 saturated carbocycles. The predicted octanol–water partition coefficient (Wildman–Crippen LogP) is -3.18. The smallest absolute Gasteiger partial charge is 1.00 e. The van der Waals surface area contributed by atoms with Gasteiger partial charge in [0.05, 0.1) is 13.0 Å². The van der Waals surface area contributed by atoms with Gasteiger partial charge in [0, 0.05) is 0 Å². The van der Waals surface area contributed by atoms with E-state index in [2.05, 4.69) is 6.92 Å². The van der Waals surface area contributed by atoms with E-state index in [4.69, 9.17) is 15.0 Å². The van der Waals surface area contributed by atoms with E-state index in [-0.39, 0.29) is 68.6 Å². The maximum atomic E-state index is 11.6. The number of amides is 1. The van der Waals surface area contributed by atoms with Crippen molar-refractivity contribution in [3.05, 3.63) is 0 Å². The SMILES string of the molecule is CCCCCCCCCCCCOC(=O)C(CC(N)=O)S(=O)(=O)O.[H-].[H-].[Na+].[Na+]. The molecule has 0 heterocycles. The molecule has 1 unspecified atom stereocenters. The number of rotatable bonds is 15. The van der Waals surface area contributed by atoms with Crippen LogP contribution in [0.5, 0.6) is 0 Å². The number of carbonyl (C=O) groups excluding carboxylic acids is 2. The largest absolute Gasteiger partial charge is 1.00 e. The third kappa shape index (κ3) is 18.2. The van der Waals surface area contributed by atoms with Crippen LogP contribution in [0.25, 0.3) is 0 Å². The van der Waals surface area contributed by atoms with Gasteiger partial charge in [0.1, 0.15) is 0 Å². The summed E-state index contributed by atoms with van der Waals surface area (Å²) in [7, 11) is -4.70. The van der Waals surface area contributed by atoms with Crippen molar-refractivity contribution in [3.8, 4) is 0 Å². The number of hydrogen-bond donors (Lipinski definition) is 2. The van der Waals surface area contributed by atoms with Crippen LogP contribution < -0.4 is 64.8 Å². The molecule has 0 rings (SSSR count). The molecule has 0 fully saturated rings. The molecule has 0 aliphatic carbocycles. The second-order valence-electron chi connectivity index (χ2n) is 6.02. The summed E-state index contributed by atoms with van der Waals surface area (Å²) in [5.74, 6) is -2.12. The number of primary amides is 1. The van der Waals surface area contributed by atoms with E-state index in [1.54, 1.807) is 0 Å². The maximum Gasteiger partial charge on any atom is 1.00 e. The molecule has 0 bridgehead atoms. The van der Waals surface area contributed by atoms with Gasteiger partial charge in [-0.1, -0.05) is 64.7 Å². The Morgan fingerprint density at radius 2 is 1.38 bits per heavy atom. The van der Waals surface area contributed by atoms with Crippen molar-refractivity contribution in [2.45, 2.75) is 82.8 Å². The Kier molecular flexibility index (Phi) is 23.3. The van der Waals surface area contributed by atoms with Crippen LogP contribution in [0.4, 0.5) is 0 Å². The van der Waals surface area contributed by atoms with Gasteiger partial charge in [-0.2, -0.15) is 8.42 Å². The average molecular weight is 413 g/mol. The first-order valence-corrected chi connectivity index (χ1v) is 10.2. The number of carbonyl (C=O) groups is 2. The van der Waals surface area contributed by atoms with E-state index >= 15 is 0 Å². The summed E-state index contributed by atoms with van der Waals surface area (Å²) in [6.45, 7) is 2.26. The van der Waals surface area contributed by atoms with Gasteiger partial charge in [0.25, 0.3) is 10.1 Å². The molecule has 0 aromatic carbocycles. The summed E-state index contributed by atoms with van der Waals surface area (Å²) in [6, 6.07) is 0. The number of ether oxygens (including phenoxy) is 1. The van der Waals surface area contributed by atoms with Gasteiger partial charge in [-0.25, -0.2) is 0 Å². The van der Waals surface area contributed by atoms with Gasteiger partial charge in [-0.05, 0) is 6.42 Å². The zero-order chi connectivity index (χ0) is 18.4. The first-order chi connectivity index (χ1) is 11.3. The zero-order valence-corrected chi connectivity index (χ0v) is 21.4. The molecule has 1 atom stereocenters. The zero-order valence-electron chi connectivity index (χ0n) is 18.5. The molecule has 0 aliphatic rings. The monoisotopic (exact) mass is 413 g/mol. The number of unbranched alkanes of at least 4 members (excludes halogenated alkanes) is 9. The van der Waals surface area contributed by atoms with Gasteiger partial charge in [-0.3, -0.25) is 14.1 Å². The van der Waals surface area contributed by atoms with Gasteiger partial charge >= 0.3 is 65.1 Å². The van der Waals surface area contributed by atoms with Crippen LogP contribution in [0.15, 0.2) is 0 Å². The molecule has 0 spiro atoms. The fraction of sp³-hybridized carbons (Fsp3) is 0.875. The van der Waals surface area contributed by atoms with Crippen molar-refractivity contribution in [1.29, 1.82) is 0 Å². The molecule has 0 aromatic rings. The molecule has 146 valence electrons. The van der Waals surface area contributed by atoms with Gasteiger partial charge < -0.3 is 13.3 Å². The van der Waals surface area contributed by atoms with Crippen LogP contribution in [-0.2, 0) is 24.4 Å². The van der Waals surface area contributed by atoms with Crippen molar-refractivity contribution in [2.24, 2.45) is 5.73 Å². The maximum absolute atomic E-state index is 11.6. The molecule has 0 saturated heterocycles. The van der Waals surface area contributed by atoms with Crippen LogP contribution in [0, 0.1) is 0 Å². The summed E-state index contributed by atoms with van der Waals surface area (Å²) in [5, 5.41) is -1.93. The summed E-state index contributed by atoms with van der Waals surface area (Å²) >= 11 is 0. The van der Waals surface area contributed by atoms with Crippen molar-refractivity contribution in [1.82, 2.24) is 0 Å². The molecule has 0 aromatic heterocycles. The van der Waals surface area contributed by atoms with E-state index in [0.29, 0.717) is 6.42 Å². The van der Waals surface area contributed by atoms with Gasteiger partial charge in [0.15, 0.2) is 5.25 Å². The van der Waals surface area contributed by atoms with Crippen LogP contribution in [0.1, 0.15) is 80.4 Å². The van der Waals surface area contributed by atoms with E-state index in [0.717, 1.165) is 19.3 Å². The fourth-order valence-electron chi connectivity index (χ4n) is 2.35. The van der Waals surface area contributed by atoms with Crippen LogP contribution >= 0.6 is 0 Å². The number of hydrogen-bond acceptors (Lipinski definition) is 5. The minimum absolute atomic E-state index is 0. The minimum Gasteiger partial charge on any atom is -1.00 e. The first-order valence-electron chi connectivity index (χ1n) is 8.70. The van der Waals surface area contributed by atoms with E-state index in [9.17, 15) is 18.0 Å². The van der Waals surface area contributed by atoms with Crippen LogP contribution in [0.2, 0.25) is 0 Å². The minimum atomic E-state index is -4.70. The summed E-state index contributed by atoms with van der Waals surface area (Å²) < 4.78 is 35.9. The number of nitrogens with two attached hydrogens (primary N) is 1. The summed E-state index contributed by atoms with van der Waals surface area (Å²) in [5.41, 5.74) is 4.87. The Labute approximate surface area is 204 Å². The Morgan fingerprint density at radius 3 is 1.77 bits per heavy atom. The third-order valence-electron chi connectivity index (χ3n) is 3.75. The molecular weight excluding hydrogens is 380 g/mol. The van der Waals surface area contributed by atoms with Crippen molar-refractivity contribution >= 4 is 22.0 Å². The second-order valence-corrected chi connectivity index (χ2v) is 7.62. The molecule has 3 N–H and O–H groups in total. The summed E-state index contributed by atoms with van der Waals surface area (Å²) in [4.78, 5) is 22.4. The Bertz CT molecular complexity index is 484. The Hall–Kier alpha value is 0.850. The Morgan fingerprint density at radius 1 is 0.962 bits per heavy atom. The number of esters is 1. The normalized spacial score (nSPS) is 11.8. The quantitative estimate of drug-likeness (QED) is 0.126.